The van der Waals surface area contributed by atoms with E-state index in [9.17, 15) is 0 Å². The summed E-state index contributed by atoms with van der Waals surface area (Å²) in [5, 5.41) is 0. The molecule has 14 aromatic rings. The molecule has 0 amide bonds. The number of hydrogen-bond acceptors (Lipinski definition) is 8. The van der Waals surface area contributed by atoms with Crippen LogP contribution < -0.4 is 0 Å². The zero-order valence-electron chi connectivity index (χ0n) is 59.6. The minimum absolute atomic E-state index is 0.000460. The van der Waals surface area contributed by atoms with Crippen molar-refractivity contribution in [3.8, 4) is 103 Å². The standard InChI is InChI=1S/C34H32S3.C32H28S3.2C12H12S/c1-17-9-11-21(12-10-17)24-13-14-25(36-24)26-16-23-32(37-26)28-20(4)29-27(19(3)30(28)34(23,7)8)31-22(33(29,5)6)15-18(2)35-31;1-15-7-9-21(10-8-15)24-11-12-25(34-24)26-14-23-18(4)28-19(5)29-27(20(6)30(28)32(23)35-26)17(3)22-13-16(2)33-31(22)29;2*1-9-3-6-11(7-4-9)12-8-5-10(2)13-12/h9-16H,1-8H3;7-14,17-18H,1-6H3;2*3-8H,1-2H3. The molecule has 0 saturated carbocycles. The Bertz CT molecular complexity index is 5320. The van der Waals surface area contributed by atoms with Gasteiger partial charge in [0.05, 0.1) is 0 Å². The van der Waals surface area contributed by atoms with Crippen LogP contribution in [-0.2, 0) is 10.8 Å². The maximum atomic E-state index is 2.50. The monoisotopic (exact) mass is 1420 g/mol. The topological polar surface area (TPSA) is 0 Å². The second-order valence-corrected chi connectivity index (χ2v) is 38.2. The Kier molecular flexibility index (Phi) is 17.4. The molecule has 492 valence electrons. The van der Waals surface area contributed by atoms with Crippen LogP contribution in [0.3, 0.4) is 0 Å². The third-order valence-electron chi connectivity index (χ3n) is 21.2. The second-order valence-electron chi connectivity index (χ2n) is 28.9. The van der Waals surface area contributed by atoms with E-state index in [1.54, 1.807) is 33.4 Å². The maximum absolute atomic E-state index is 2.50. The van der Waals surface area contributed by atoms with Crippen molar-refractivity contribution in [3.05, 3.63) is 278 Å². The lowest BCUT2D eigenvalue weighted by Crippen LogP contribution is -2.20. The molecule has 2 atom stereocenters. The van der Waals surface area contributed by atoms with Gasteiger partial charge in [-0.05, 0) is 267 Å². The molecule has 4 aliphatic carbocycles. The van der Waals surface area contributed by atoms with Crippen LogP contribution >= 0.6 is 90.7 Å². The van der Waals surface area contributed by atoms with Gasteiger partial charge in [0, 0.05) is 101 Å². The summed E-state index contributed by atoms with van der Waals surface area (Å²) in [6.45, 7) is 41.5. The first-order valence-corrected chi connectivity index (χ1v) is 40.8. The molecular formula is C90H84S8. The average Bonchev–Trinajstić information content (AvgIpc) is 1.52. The van der Waals surface area contributed by atoms with E-state index < -0.39 is 0 Å². The Balaban J connectivity index is 0.000000118. The molecule has 0 spiro atoms. The predicted molar refractivity (Wildman–Crippen MR) is 439 cm³/mol. The number of benzene rings is 6. The average molecular weight is 1420 g/mol. The normalized spacial score (nSPS) is 15.0. The van der Waals surface area contributed by atoms with Crippen molar-refractivity contribution in [2.75, 3.05) is 0 Å². The van der Waals surface area contributed by atoms with E-state index in [0.717, 1.165) is 0 Å². The molecule has 0 aliphatic heterocycles. The molecule has 0 N–H and O–H groups in total. The highest BCUT2D eigenvalue weighted by atomic mass is 32.1. The summed E-state index contributed by atoms with van der Waals surface area (Å²) < 4.78 is 0. The summed E-state index contributed by atoms with van der Waals surface area (Å²) in [7, 11) is 0. The van der Waals surface area contributed by atoms with Crippen LogP contribution in [0.4, 0.5) is 0 Å². The number of hydrogen-bond donors (Lipinski definition) is 0. The molecule has 0 fully saturated rings. The summed E-state index contributed by atoms with van der Waals surface area (Å²) in [6, 6.07) is 62.9. The Labute approximate surface area is 613 Å². The van der Waals surface area contributed by atoms with Gasteiger partial charge in [-0.15, -0.1) is 90.7 Å². The Hall–Kier alpha value is -7.08. The number of thiophene rings is 8. The first-order valence-electron chi connectivity index (χ1n) is 34.3. The van der Waals surface area contributed by atoms with Crippen molar-refractivity contribution >= 4 is 90.7 Å². The minimum Gasteiger partial charge on any atom is -0.141 e. The fraction of sp³-hybridized carbons (Fsp3) is 0.244. The lowest BCUT2D eigenvalue weighted by atomic mass is 9.74. The first-order chi connectivity index (χ1) is 46.8. The fourth-order valence-corrected chi connectivity index (χ4v) is 25.4. The van der Waals surface area contributed by atoms with Gasteiger partial charge in [0.15, 0.2) is 0 Å². The summed E-state index contributed by atoms with van der Waals surface area (Å²) >= 11 is 15.5. The molecule has 0 saturated heterocycles. The van der Waals surface area contributed by atoms with Gasteiger partial charge in [-0.3, -0.25) is 0 Å². The van der Waals surface area contributed by atoms with E-state index in [1.165, 1.54) is 178 Å². The molecule has 0 radical (unpaired) electrons. The number of fused-ring (bicyclic) bond motifs is 12. The summed E-state index contributed by atoms with van der Waals surface area (Å²) in [5.41, 5.74) is 35.1. The first kappa shape index (κ1) is 66.8. The Morgan fingerprint density at radius 2 is 0.571 bits per heavy atom. The molecule has 0 bridgehead atoms. The number of aryl methyl sites for hydroxylation is 8. The molecule has 4 aliphatic rings. The van der Waals surface area contributed by atoms with Crippen molar-refractivity contribution in [1.29, 1.82) is 0 Å². The van der Waals surface area contributed by atoms with Crippen molar-refractivity contribution in [2.45, 2.75) is 147 Å². The van der Waals surface area contributed by atoms with Crippen LogP contribution in [-0.4, -0.2) is 0 Å². The predicted octanol–water partition coefficient (Wildman–Crippen LogP) is 29.8. The van der Waals surface area contributed by atoms with Crippen LogP contribution in [0.1, 0.15) is 162 Å². The van der Waals surface area contributed by atoms with Gasteiger partial charge >= 0.3 is 0 Å². The molecule has 6 aromatic carbocycles. The smallest absolute Gasteiger partial charge is 0.0452 e. The van der Waals surface area contributed by atoms with E-state index >= 15 is 0 Å². The molecule has 8 heterocycles. The van der Waals surface area contributed by atoms with Crippen LogP contribution in [0.5, 0.6) is 0 Å². The Morgan fingerprint density at radius 3 is 0.980 bits per heavy atom. The van der Waals surface area contributed by atoms with E-state index in [2.05, 4.69) is 294 Å². The molecular weight excluding hydrogens is 1340 g/mol. The lowest BCUT2D eigenvalue weighted by Gasteiger charge is -2.29. The third-order valence-corrected chi connectivity index (χ3v) is 30.4. The van der Waals surface area contributed by atoms with Crippen LogP contribution in [0.2, 0.25) is 0 Å². The van der Waals surface area contributed by atoms with Crippen LogP contribution in [0.15, 0.2) is 170 Å². The number of rotatable bonds is 6. The summed E-state index contributed by atoms with van der Waals surface area (Å²) in [4.78, 5) is 22.6. The molecule has 2 unspecified atom stereocenters. The van der Waals surface area contributed by atoms with Crippen LogP contribution in [0, 0.1) is 83.1 Å². The molecule has 0 nitrogen and oxygen atoms in total. The van der Waals surface area contributed by atoms with E-state index in [4.69, 9.17) is 0 Å². The maximum Gasteiger partial charge on any atom is 0.0452 e. The lowest BCUT2D eigenvalue weighted by molar-refractivity contribution is 0.646. The Morgan fingerprint density at radius 1 is 0.255 bits per heavy atom. The zero-order chi connectivity index (χ0) is 68.7. The highest BCUT2D eigenvalue weighted by molar-refractivity contribution is 7.26. The molecule has 8 aromatic heterocycles. The summed E-state index contributed by atoms with van der Waals surface area (Å²) in [5.74, 6) is 0.938. The van der Waals surface area contributed by atoms with Crippen molar-refractivity contribution < 1.29 is 0 Å². The van der Waals surface area contributed by atoms with Gasteiger partial charge in [-0.25, -0.2) is 0 Å². The van der Waals surface area contributed by atoms with Crippen molar-refractivity contribution in [2.24, 2.45) is 0 Å². The highest BCUT2D eigenvalue weighted by Gasteiger charge is 2.47. The highest BCUT2D eigenvalue weighted by Crippen LogP contribution is 2.64. The van der Waals surface area contributed by atoms with Crippen molar-refractivity contribution in [1.82, 2.24) is 0 Å². The quantitative estimate of drug-likeness (QED) is 0.156. The minimum atomic E-state index is -0.000460. The largest absolute Gasteiger partial charge is 0.141 e. The molecule has 8 heteroatoms. The molecule has 98 heavy (non-hydrogen) atoms. The van der Waals surface area contributed by atoms with E-state index in [0.29, 0.717) is 11.8 Å². The second kappa shape index (κ2) is 25.5. The fourth-order valence-electron chi connectivity index (χ4n) is 16.1. The SMILES string of the molecule is Cc1ccc(-c2ccc(-c3cc4c(s3)-c3c(C)c5c(c(C)c3C4(C)C)-c3sc(C)cc3C5(C)C)s2)cc1.Cc1ccc(-c2ccc(-c3cc4c(s3)-c3c(C)c5c(c(C)c3C4C)-c3sc(C)cc3C5C)s2)cc1.Cc1ccc(-c2ccc(C)s2)cc1.Cc1ccc(-c2ccc(C)s2)cc1. The van der Waals surface area contributed by atoms with Gasteiger partial charge in [0.25, 0.3) is 0 Å². The van der Waals surface area contributed by atoms with Gasteiger partial charge in [-0.1, -0.05) is 161 Å². The van der Waals surface area contributed by atoms with Crippen molar-refractivity contribution in [3.63, 3.8) is 0 Å². The van der Waals surface area contributed by atoms with Crippen LogP contribution in [0.25, 0.3) is 103 Å². The van der Waals surface area contributed by atoms with E-state index in [-0.39, 0.29) is 10.8 Å². The van der Waals surface area contributed by atoms with Gasteiger partial charge in [0.2, 0.25) is 0 Å². The van der Waals surface area contributed by atoms with Gasteiger partial charge in [0.1, 0.15) is 0 Å². The summed E-state index contributed by atoms with van der Waals surface area (Å²) in [6.07, 6.45) is 0. The third kappa shape index (κ3) is 11.5. The van der Waals surface area contributed by atoms with Gasteiger partial charge in [-0.2, -0.15) is 0 Å². The van der Waals surface area contributed by atoms with E-state index in [1.807, 2.05) is 90.7 Å². The molecule has 18 rings (SSSR count). The zero-order valence-corrected chi connectivity index (χ0v) is 66.1. The van der Waals surface area contributed by atoms with Gasteiger partial charge < -0.3 is 0 Å².